The Morgan fingerprint density at radius 2 is 1.65 bits per heavy atom. The first-order chi connectivity index (χ1) is 17.2. The number of carbonyl (C=O) groups excluding carboxylic acids is 1. The lowest BCUT2D eigenvalue weighted by Gasteiger charge is -2.26. The molecule has 0 atom stereocenters. The summed E-state index contributed by atoms with van der Waals surface area (Å²) in [5.41, 5.74) is 0.952. The number of alkyl halides is 1. The molecule has 0 aliphatic rings. The average molecular weight is 594 g/mol. The molecule has 1 N–H and O–H groups in total. The minimum atomic E-state index is -3.86. The van der Waals surface area contributed by atoms with Crippen molar-refractivity contribution in [2.75, 3.05) is 37.2 Å². The zero-order valence-electron chi connectivity index (χ0n) is 21.1. The number of halogens is 3. The molecule has 0 saturated heterocycles. The van der Waals surface area contributed by atoms with Crippen LogP contribution in [0.3, 0.4) is 0 Å². The van der Waals surface area contributed by atoms with Gasteiger partial charge in [-0.05, 0) is 69.2 Å². The number of sulfonamides is 1. The lowest BCUT2D eigenvalue weighted by atomic mass is 10.2. The van der Waals surface area contributed by atoms with Gasteiger partial charge < -0.3 is 19.5 Å². The second-order valence-corrected chi connectivity index (χ2v) is 12.2. The first-order valence-electron chi connectivity index (χ1n) is 11.2. The number of rotatable bonds is 12. The van der Waals surface area contributed by atoms with E-state index in [4.69, 9.17) is 49.0 Å². The molecule has 2 aromatic carbocycles. The van der Waals surface area contributed by atoms with E-state index in [-0.39, 0.29) is 13.2 Å². The van der Waals surface area contributed by atoms with Gasteiger partial charge >= 0.3 is 6.09 Å². The van der Waals surface area contributed by atoms with Crippen molar-refractivity contribution >= 4 is 62.3 Å². The van der Waals surface area contributed by atoms with Gasteiger partial charge in [-0.15, -0.1) is 11.6 Å². The first kappa shape index (κ1) is 30.9. The predicted octanol–water partition coefficient (Wildman–Crippen LogP) is 6.88. The van der Waals surface area contributed by atoms with Crippen molar-refractivity contribution in [3.05, 3.63) is 58.6 Å². The summed E-state index contributed by atoms with van der Waals surface area (Å²) in [4.78, 5) is 12.3. The van der Waals surface area contributed by atoms with E-state index in [1.165, 1.54) is 0 Å². The van der Waals surface area contributed by atoms with Gasteiger partial charge in [0.15, 0.2) is 5.75 Å². The number of benzene rings is 2. The molecule has 0 saturated carbocycles. The predicted molar refractivity (Wildman–Crippen MR) is 149 cm³/mol. The summed E-state index contributed by atoms with van der Waals surface area (Å²) in [7, 11) is -3.86. The van der Waals surface area contributed by atoms with E-state index in [2.05, 4.69) is 11.9 Å². The molecule has 8 nitrogen and oxygen atoms in total. The number of amides is 1. The maximum absolute atomic E-state index is 12.3. The Morgan fingerprint density at radius 3 is 2.16 bits per heavy atom. The van der Waals surface area contributed by atoms with Gasteiger partial charge in [0.2, 0.25) is 10.0 Å². The van der Waals surface area contributed by atoms with Gasteiger partial charge in [-0.1, -0.05) is 29.8 Å². The third-order valence-electron chi connectivity index (χ3n) is 4.47. The normalized spacial score (nSPS) is 11.5. The van der Waals surface area contributed by atoms with Crippen LogP contribution in [-0.2, 0) is 14.8 Å². The molecule has 204 valence electrons. The SMILES string of the molecule is C=C(COc1ccc(Nc2cc(Cl)c(OCCCCl)c(Cl)c2)cc1)CN(C(=O)OC(C)(C)C)S(C)(=O)=O. The maximum Gasteiger partial charge on any atom is 0.424 e. The number of hydrogen-bond donors (Lipinski definition) is 1. The lowest BCUT2D eigenvalue weighted by molar-refractivity contribution is 0.0400. The first-order valence-corrected chi connectivity index (χ1v) is 14.4. The fraction of sp³-hybridized carbons (Fsp3) is 0.400. The van der Waals surface area contributed by atoms with Crippen molar-refractivity contribution in [2.24, 2.45) is 0 Å². The Labute approximate surface area is 233 Å². The molecule has 0 unspecified atom stereocenters. The number of carbonyl (C=O) groups is 1. The minimum absolute atomic E-state index is 0.00199. The standard InChI is InChI=1S/C25H31Cl3N2O6S/c1-17(15-30(37(5,32)33)24(31)36-25(2,3)4)16-35-20-9-7-18(8-10-20)29-19-13-21(27)23(22(28)14-19)34-12-6-11-26/h7-10,13-14,29H,1,6,11-12,15-16H2,2-5H3. The third-order valence-corrected chi connectivity index (χ3v) is 6.38. The molecule has 2 rings (SSSR count). The summed E-state index contributed by atoms with van der Waals surface area (Å²) in [5.74, 6) is 1.41. The van der Waals surface area contributed by atoms with Gasteiger partial charge in [0.1, 0.15) is 18.0 Å². The summed E-state index contributed by atoms with van der Waals surface area (Å²) in [6.45, 7) is 8.93. The molecule has 0 radical (unpaired) electrons. The Morgan fingerprint density at radius 1 is 1.05 bits per heavy atom. The highest BCUT2D eigenvalue weighted by Gasteiger charge is 2.29. The highest BCUT2D eigenvalue weighted by atomic mass is 35.5. The second-order valence-electron chi connectivity index (χ2n) is 9.10. The fourth-order valence-electron chi connectivity index (χ4n) is 2.86. The quantitative estimate of drug-likeness (QED) is 0.163. The summed E-state index contributed by atoms with van der Waals surface area (Å²) in [6, 6.07) is 10.4. The van der Waals surface area contributed by atoms with Crippen LogP contribution in [0.25, 0.3) is 0 Å². The van der Waals surface area contributed by atoms with Gasteiger partial charge in [0.25, 0.3) is 0 Å². The number of hydrogen-bond acceptors (Lipinski definition) is 7. The van der Waals surface area contributed by atoms with E-state index in [9.17, 15) is 13.2 Å². The molecule has 12 heteroatoms. The van der Waals surface area contributed by atoms with Gasteiger partial charge in [-0.2, -0.15) is 0 Å². The molecule has 0 bridgehead atoms. The Kier molecular flexibility index (Phi) is 11.2. The molecule has 0 aliphatic heterocycles. The molecule has 37 heavy (non-hydrogen) atoms. The zero-order chi connectivity index (χ0) is 27.8. The molecule has 0 aromatic heterocycles. The summed E-state index contributed by atoms with van der Waals surface area (Å²) >= 11 is 18.3. The van der Waals surface area contributed by atoms with Crippen molar-refractivity contribution in [3.8, 4) is 11.5 Å². The van der Waals surface area contributed by atoms with Gasteiger partial charge in [0.05, 0.1) is 29.5 Å². The fourth-order valence-corrected chi connectivity index (χ4v) is 4.29. The van der Waals surface area contributed by atoms with Gasteiger partial charge in [-0.3, -0.25) is 0 Å². The van der Waals surface area contributed by atoms with Gasteiger partial charge in [0, 0.05) is 17.3 Å². The number of ether oxygens (including phenoxy) is 3. The number of nitrogens with one attached hydrogen (secondary N) is 1. The van der Waals surface area contributed by atoms with Crippen molar-refractivity contribution < 1.29 is 27.4 Å². The summed E-state index contributed by atoms with van der Waals surface area (Å²) in [6.07, 6.45) is 0.635. The van der Waals surface area contributed by atoms with E-state index in [0.29, 0.717) is 56.0 Å². The van der Waals surface area contributed by atoms with Crippen LogP contribution in [0.5, 0.6) is 11.5 Å². The molecule has 1 amide bonds. The van der Waals surface area contributed by atoms with E-state index >= 15 is 0 Å². The average Bonchev–Trinajstić information content (AvgIpc) is 2.77. The number of anilines is 2. The molecule has 2 aromatic rings. The van der Waals surface area contributed by atoms with E-state index in [1.807, 2.05) is 0 Å². The Bertz CT molecular complexity index is 1170. The molecule has 0 spiro atoms. The largest absolute Gasteiger partial charge is 0.490 e. The highest BCUT2D eigenvalue weighted by molar-refractivity contribution is 7.88. The second kappa shape index (κ2) is 13.5. The van der Waals surface area contributed by atoms with Crippen LogP contribution in [0, 0.1) is 0 Å². The molecule has 0 heterocycles. The molecular formula is C25H31Cl3N2O6S. The van der Waals surface area contributed by atoms with Crippen LogP contribution >= 0.6 is 34.8 Å². The van der Waals surface area contributed by atoms with E-state index in [1.54, 1.807) is 57.2 Å². The van der Waals surface area contributed by atoms with E-state index in [0.717, 1.165) is 11.9 Å². The molecular weight excluding hydrogens is 563 g/mol. The van der Waals surface area contributed by atoms with Crippen molar-refractivity contribution in [3.63, 3.8) is 0 Å². The third kappa shape index (κ3) is 10.5. The Balaban J connectivity index is 1.96. The lowest BCUT2D eigenvalue weighted by Crippen LogP contribution is -2.41. The van der Waals surface area contributed by atoms with Crippen LogP contribution in [0.2, 0.25) is 10.0 Å². The highest BCUT2D eigenvalue weighted by Crippen LogP contribution is 2.37. The van der Waals surface area contributed by atoms with Crippen LogP contribution in [0.15, 0.2) is 48.6 Å². The van der Waals surface area contributed by atoms with Crippen LogP contribution < -0.4 is 14.8 Å². The Hall–Kier alpha value is -2.33. The minimum Gasteiger partial charge on any atom is -0.490 e. The van der Waals surface area contributed by atoms with Gasteiger partial charge in [-0.25, -0.2) is 17.5 Å². The van der Waals surface area contributed by atoms with Crippen LogP contribution in [0.1, 0.15) is 27.2 Å². The summed E-state index contributed by atoms with van der Waals surface area (Å²) in [5, 5.41) is 3.95. The number of nitrogens with zero attached hydrogens (tertiary/aromatic N) is 1. The van der Waals surface area contributed by atoms with Crippen LogP contribution in [-0.4, -0.2) is 56.3 Å². The maximum atomic E-state index is 12.3. The van der Waals surface area contributed by atoms with Crippen molar-refractivity contribution in [1.29, 1.82) is 0 Å². The molecule has 0 fully saturated rings. The smallest absolute Gasteiger partial charge is 0.424 e. The monoisotopic (exact) mass is 592 g/mol. The molecule has 0 aliphatic carbocycles. The van der Waals surface area contributed by atoms with Crippen LogP contribution in [0.4, 0.5) is 16.2 Å². The zero-order valence-corrected chi connectivity index (χ0v) is 24.2. The summed E-state index contributed by atoms with van der Waals surface area (Å²) < 4.78 is 41.3. The van der Waals surface area contributed by atoms with Crippen molar-refractivity contribution in [1.82, 2.24) is 4.31 Å². The topological polar surface area (TPSA) is 94.2 Å². The van der Waals surface area contributed by atoms with E-state index < -0.39 is 21.7 Å². The van der Waals surface area contributed by atoms with Crippen molar-refractivity contribution in [2.45, 2.75) is 32.8 Å².